The number of hydrogen-bond acceptors (Lipinski definition) is 9. The SMILES string of the molecule is C=C[C@]1(C)C[C@@H](CC(=O)Cn2cc(-c3ccc(-n4cnc5c(N)ncnc54)cc3)nn2)[C@]2(C)[C@H](C)CC[C@]3(CCC(=O)[C@H]32)[C@@H](C)[C@@H]1O. The molecule has 2 bridgehead atoms. The number of nitrogens with two attached hydrogens (primary N) is 1. The first-order chi connectivity index (χ1) is 22.4. The number of aromatic nitrogens is 7. The van der Waals surface area contributed by atoms with Gasteiger partial charge in [-0.2, -0.15) is 0 Å². The summed E-state index contributed by atoms with van der Waals surface area (Å²) in [5.74, 6) is 0.695. The average molecular weight is 637 g/mol. The van der Waals surface area contributed by atoms with Crippen LogP contribution >= 0.6 is 0 Å². The van der Waals surface area contributed by atoms with Gasteiger partial charge in [0, 0.05) is 35.4 Å². The number of aliphatic hydroxyl groups is 1. The Hall–Kier alpha value is -4.25. The van der Waals surface area contributed by atoms with Crippen LogP contribution in [0.2, 0.25) is 0 Å². The number of rotatable bonds is 7. The lowest BCUT2D eigenvalue weighted by Crippen LogP contribution is -2.61. The first-order valence-corrected chi connectivity index (χ1v) is 16.7. The Kier molecular flexibility index (Phi) is 7.46. The quantitative estimate of drug-likeness (QED) is 0.260. The van der Waals surface area contributed by atoms with Crippen molar-refractivity contribution in [2.45, 2.75) is 78.9 Å². The molecule has 0 unspecified atom stereocenters. The number of ketones is 2. The van der Waals surface area contributed by atoms with Gasteiger partial charge in [0.1, 0.15) is 30.7 Å². The van der Waals surface area contributed by atoms with Crippen molar-refractivity contribution < 1.29 is 14.7 Å². The molecule has 0 aliphatic heterocycles. The number of fused-ring (bicyclic) bond motifs is 1. The van der Waals surface area contributed by atoms with Crippen LogP contribution in [0.1, 0.15) is 66.2 Å². The molecular weight excluding hydrogens is 592 g/mol. The second-order valence-electron chi connectivity index (χ2n) is 14.9. The van der Waals surface area contributed by atoms with Crippen molar-refractivity contribution in [2.75, 3.05) is 5.73 Å². The zero-order chi connectivity index (χ0) is 33.3. The molecule has 3 heterocycles. The Balaban J connectivity index is 1.12. The van der Waals surface area contributed by atoms with E-state index in [-0.39, 0.29) is 46.8 Å². The molecule has 0 amide bonds. The molecule has 1 aromatic carbocycles. The fourth-order valence-corrected chi connectivity index (χ4v) is 9.75. The summed E-state index contributed by atoms with van der Waals surface area (Å²) in [6.45, 7) is 13.0. The third-order valence-electron chi connectivity index (χ3n) is 12.7. The Morgan fingerprint density at radius 1 is 1.15 bits per heavy atom. The second-order valence-corrected chi connectivity index (χ2v) is 14.9. The van der Waals surface area contributed by atoms with E-state index in [1.54, 1.807) is 17.2 Å². The third-order valence-corrected chi connectivity index (χ3v) is 12.7. The molecule has 3 saturated carbocycles. The standard InChI is InChI=1S/C36H44N8O3/c1-6-34(4)16-24(35(5)21(2)11-13-36(22(3)31(34)47)14-12-28(46)30(35)36)15-26(45)17-43-18-27(41-42-43)23-7-9-25(10-8-23)44-20-40-29-32(37)38-19-39-33(29)44/h6-10,18-22,24,30-31,47H,1,11-17H2,2-5H3,(H2,37,38,39)/t21-,22+,24-,30+,31+,34-,35+,36+/m1/s1. The number of aliphatic hydroxyl groups excluding tert-OH is 1. The van der Waals surface area contributed by atoms with Gasteiger partial charge < -0.3 is 10.8 Å². The molecule has 47 heavy (non-hydrogen) atoms. The van der Waals surface area contributed by atoms with Crippen LogP contribution < -0.4 is 5.73 Å². The maximum Gasteiger partial charge on any atom is 0.170 e. The minimum Gasteiger partial charge on any atom is -0.392 e. The highest BCUT2D eigenvalue weighted by Crippen LogP contribution is 2.69. The summed E-state index contributed by atoms with van der Waals surface area (Å²) >= 11 is 0. The number of hydrogen-bond donors (Lipinski definition) is 2. The summed E-state index contributed by atoms with van der Waals surface area (Å²) in [5.41, 5.74) is 8.32. The number of anilines is 1. The van der Waals surface area contributed by atoms with Gasteiger partial charge >= 0.3 is 0 Å². The van der Waals surface area contributed by atoms with Crippen LogP contribution in [-0.4, -0.2) is 57.3 Å². The van der Waals surface area contributed by atoms with Gasteiger partial charge in [-0.3, -0.25) is 14.2 Å². The highest BCUT2D eigenvalue weighted by atomic mass is 16.3. The second kappa shape index (κ2) is 11.2. The van der Waals surface area contributed by atoms with E-state index in [0.717, 1.165) is 30.5 Å². The van der Waals surface area contributed by atoms with E-state index < -0.39 is 11.5 Å². The van der Waals surface area contributed by atoms with E-state index in [1.807, 2.05) is 34.9 Å². The van der Waals surface area contributed by atoms with Gasteiger partial charge in [-0.05, 0) is 66.4 Å². The van der Waals surface area contributed by atoms with Crippen molar-refractivity contribution in [1.29, 1.82) is 0 Å². The van der Waals surface area contributed by atoms with E-state index in [9.17, 15) is 14.7 Å². The molecule has 3 aliphatic carbocycles. The number of nitrogen functional groups attached to an aromatic ring is 1. The zero-order valence-corrected chi connectivity index (χ0v) is 27.6. The van der Waals surface area contributed by atoms with Gasteiger partial charge in [0.15, 0.2) is 22.8 Å². The predicted molar refractivity (Wildman–Crippen MR) is 178 cm³/mol. The fourth-order valence-electron chi connectivity index (χ4n) is 9.75. The van der Waals surface area contributed by atoms with Gasteiger partial charge in [0.25, 0.3) is 0 Å². The van der Waals surface area contributed by atoms with E-state index in [0.29, 0.717) is 47.7 Å². The zero-order valence-electron chi connectivity index (χ0n) is 27.6. The molecule has 7 rings (SSSR count). The summed E-state index contributed by atoms with van der Waals surface area (Å²) in [5, 5.41) is 20.5. The van der Waals surface area contributed by atoms with E-state index in [2.05, 4.69) is 59.5 Å². The lowest BCUT2D eigenvalue weighted by Gasteiger charge is -2.62. The maximum atomic E-state index is 13.9. The summed E-state index contributed by atoms with van der Waals surface area (Å²) < 4.78 is 3.44. The van der Waals surface area contributed by atoms with Crippen LogP contribution in [-0.2, 0) is 16.1 Å². The molecule has 11 heteroatoms. The van der Waals surface area contributed by atoms with Crippen LogP contribution in [0.5, 0.6) is 0 Å². The maximum absolute atomic E-state index is 13.9. The van der Waals surface area contributed by atoms with Crippen LogP contribution in [0.15, 0.2) is 55.8 Å². The van der Waals surface area contributed by atoms with Crippen molar-refractivity contribution in [3.63, 3.8) is 0 Å². The molecule has 0 radical (unpaired) electrons. The Labute approximate surface area is 274 Å². The Morgan fingerprint density at radius 3 is 2.66 bits per heavy atom. The summed E-state index contributed by atoms with van der Waals surface area (Å²) in [6, 6.07) is 7.76. The largest absolute Gasteiger partial charge is 0.392 e. The monoisotopic (exact) mass is 636 g/mol. The van der Waals surface area contributed by atoms with Gasteiger partial charge in [-0.15, -0.1) is 11.7 Å². The van der Waals surface area contributed by atoms with Crippen LogP contribution in [0.4, 0.5) is 5.82 Å². The molecule has 3 aromatic heterocycles. The highest BCUT2D eigenvalue weighted by molar-refractivity contribution is 5.86. The lowest BCUT2D eigenvalue weighted by molar-refractivity contribution is -0.177. The Morgan fingerprint density at radius 2 is 1.91 bits per heavy atom. The molecule has 4 aromatic rings. The van der Waals surface area contributed by atoms with Crippen molar-refractivity contribution in [2.24, 2.45) is 39.9 Å². The van der Waals surface area contributed by atoms with Crippen LogP contribution in [0.3, 0.4) is 0 Å². The number of benzene rings is 1. The molecule has 11 nitrogen and oxygen atoms in total. The van der Waals surface area contributed by atoms with Crippen molar-refractivity contribution in [1.82, 2.24) is 34.5 Å². The molecular formula is C36H44N8O3. The smallest absolute Gasteiger partial charge is 0.170 e. The number of imidazole rings is 1. The molecule has 0 spiro atoms. The fraction of sp³-hybridized carbons (Fsp3) is 0.528. The minimum atomic E-state index is -0.632. The number of carbonyl (C=O) groups excluding carboxylic acids is 2. The molecule has 3 aliphatic rings. The lowest BCUT2D eigenvalue weighted by atomic mass is 9.41. The minimum absolute atomic E-state index is 0.0277. The highest BCUT2D eigenvalue weighted by Gasteiger charge is 2.67. The van der Waals surface area contributed by atoms with Gasteiger partial charge in [0.2, 0.25) is 0 Å². The van der Waals surface area contributed by atoms with E-state index in [1.165, 1.54) is 6.33 Å². The van der Waals surface area contributed by atoms with Crippen molar-refractivity contribution >= 4 is 28.5 Å². The number of Topliss-reactive ketones (excluding diaryl/α,β-unsaturated/α-hetero) is 2. The summed E-state index contributed by atoms with van der Waals surface area (Å²) in [6.07, 6.45) is 10.4. The summed E-state index contributed by atoms with van der Waals surface area (Å²) in [7, 11) is 0. The van der Waals surface area contributed by atoms with Crippen molar-refractivity contribution in [3.8, 4) is 16.9 Å². The molecule has 3 fully saturated rings. The predicted octanol–water partition coefficient (Wildman–Crippen LogP) is 5.23. The van der Waals surface area contributed by atoms with E-state index >= 15 is 0 Å². The van der Waals surface area contributed by atoms with Gasteiger partial charge in [-0.25, -0.2) is 19.6 Å². The first kappa shape index (κ1) is 31.4. The average Bonchev–Trinajstić information content (AvgIpc) is 3.80. The van der Waals surface area contributed by atoms with Crippen LogP contribution in [0, 0.1) is 39.9 Å². The normalized spacial score (nSPS) is 33.7. The topological polar surface area (TPSA) is 155 Å². The number of carbonyl (C=O) groups is 2. The van der Waals surface area contributed by atoms with Crippen molar-refractivity contribution in [3.05, 3.63) is 55.8 Å². The molecule has 8 atom stereocenters. The summed E-state index contributed by atoms with van der Waals surface area (Å²) in [4.78, 5) is 40.3. The van der Waals surface area contributed by atoms with Gasteiger partial charge in [0.05, 0.1) is 12.3 Å². The third kappa shape index (κ3) is 4.76. The molecule has 3 N–H and O–H groups in total. The van der Waals surface area contributed by atoms with Gasteiger partial charge in [-0.1, -0.05) is 51.1 Å². The van der Waals surface area contributed by atoms with E-state index in [4.69, 9.17) is 5.73 Å². The number of nitrogens with zero attached hydrogens (tertiary/aromatic N) is 7. The first-order valence-electron chi connectivity index (χ1n) is 16.7. The Bertz CT molecular complexity index is 1860. The van der Waals surface area contributed by atoms with Crippen LogP contribution in [0.25, 0.3) is 28.1 Å². The molecule has 0 saturated heterocycles. The molecule has 246 valence electrons.